The number of aryl methyl sites for hydroxylation is 1. The molecular formula is C23H19ClFN3O2S2. The first kappa shape index (κ1) is 22.5. The zero-order chi connectivity index (χ0) is 23.2. The number of aromatic nitrogens is 1. The molecule has 32 heavy (non-hydrogen) atoms. The largest absolute Gasteiger partial charge is 0.476 e. The summed E-state index contributed by atoms with van der Waals surface area (Å²) < 4.78 is 14.8. The number of thioether (sulfide) groups is 1. The number of aliphatic carboxylic acids is 1. The molecular weight excluding hydrogens is 469 g/mol. The summed E-state index contributed by atoms with van der Waals surface area (Å²) in [7, 11) is 0. The molecule has 5 nitrogen and oxygen atoms in total. The summed E-state index contributed by atoms with van der Waals surface area (Å²) in [6.45, 7) is 5.63. The molecule has 1 aliphatic rings. The van der Waals surface area contributed by atoms with Crippen LogP contribution in [0.2, 0.25) is 5.02 Å². The summed E-state index contributed by atoms with van der Waals surface area (Å²) in [4.78, 5) is 21.2. The fraction of sp³-hybridized carbons (Fsp3) is 0.174. The van der Waals surface area contributed by atoms with Crippen molar-refractivity contribution in [2.75, 3.05) is 0 Å². The van der Waals surface area contributed by atoms with Crippen molar-refractivity contribution in [1.29, 1.82) is 0 Å². The Hall–Kier alpha value is -2.68. The minimum absolute atomic E-state index is 0.162. The minimum Gasteiger partial charge on any atom is -0.476 e. The molecule has 1 unspecified atom stereocenters. The molecule has 3 aromatic rings. The third kappa shape index (κ3) is 4.18. The van der Waals surface area contributed by atoms with Crippen LogP contribution in [0.4, 0.5) is 9.52 Å². The molecule has 9 heteroatoms. The Balaban J connectivity index is 1.86. The summed E-state index contributed by atoms with van der Waals surface area (Å²) in [5.41, 5.74) is 10.3. The summed E-state index contributed by atoms with van der Waals surface area (Å²) in [5.74, 6) is -1.77. The maximum Gasteiger partial charge on any atom is 0.355 e. The molecule has 0 fully saturated rings. The molecule has 0 bridgehead atoms. The second-order valence-electron chi connectivity index (χ2n) is 7.41. The number of benzene rings is 2. The van der Waals surface area contributed by atoms with Gasteiger partial charge < -0.3 is 10.8 Å². The standard InChI is InChI=1S/C23H19ClFN3O2S2/c1-10-7-14(24)9-16-12(3)31-22-20(17(10)16)28-23(32-22)27-19(21(29)30)18(11(2)26)13-5-4-6-15(25)8-13/h4-9,12H,26H2,1-3H3,(H,29,30). The summed E-state index contributed by atoms with van der Waals surface area (Å²) in [6.07, 6.45) is 0. The molecule has 0 saturated heterocycles. The Morgan fingerprint density at radius 2 is 2.06 bits per heavy atom. The number of rotatable bonds is 4. The zero-order valence-electron chi connectivity index (χ0n) is 17.4. The number of halogens is 2. The summed E-state index contributed by atoms with van der Waals surface area (Å²) in [6, 6.07) is 9.44. The number of carbonyl (C=O) groups is 1. The van der Waals surface area contributed by atoms with Gasteiger partial charge in [-0.3, -0.25) is 0 Å². The summed E-state index contributed by atoms with van der Waals surface area (Å²) >= 11 is 9.21. The van der Waals surface area contributed by atoms with Gasteiger partial charge in [-0.05, 0) is 61.7 Å². The van der Waals surface area contributed by atoms with Gasteiger partial charge in [-0.25, -0.2) is 19.2 Å². The zero-order valence-corrected chi connectivity index (χ0v) is 19.8. The molecule has 2 heterocycles. The highest BCUT2D eigenvalue weighted by Gasteiger charge is 2.29. The summed E-state index contributed by atoms with van der Waals surface area (Å²) in [5, 5.41) is 11.0. The van der Waals surface area contributed by atoms with E-state index in [4.69, 9.17) is 17.3 Å². The van der Waals surface area contributed by atoms with E-state index in [0.717, 1.165) is 26.6 Å². The number of nitrogens with zero attached hydrogens (tertiary/aromatic N) is 2. The lowest BCUT2D eigenvalue weighted by Gasteiger charge is -2.22. The molecule has 0 radical (unpaired) electrons. The number of hydrogen-bond donors (Lipinski definition) is 2. The molecule has 1 atom stereocenters. The van der Waals surface area contributed by atoms with Crippen molar-refractivity contribution in [3.8, 4) is 11.3 Å². The molecule has 4 rings (SSSR count). The highest BCUT2D eigenvalue weighted by atomic mass is 35.5. The van der Waals surface area contributed by atoms with Crippen LogP contribution >= 0.6 is 34.7 Å². The van der Waals surface area contributed by atoms with Gasteiger partial charge in [0, 0.05) is 27.1 Å². The van der Waals surface area contributed by atoms with Crippen molar-refractivity contribution in [3.05, 3.63) is 69.6 Å². The number of thiazole rings is 1. The quantitative estimate of drug-likeness (QED) is 0.403. The number of carboxylic acid groups (broad SMARTS) is 1. The predicted octanol–water partition coefficient (Wildman–Crippen LogP) is 6.62. The first-order chi connectivity index (χ1) is 15.2. The van der Waals surface area contributed by atoms with E-state index in [1.807, 2.05) is 19.1 Å². The highest BCUT2D eigenvalue weighted by molar-refractivity contribution is 8.01. The highest BCUT2D eigenvalue weighted by Crippen LogP contribution is 2.53. The number of nitrogens with two attached hydrogens (primary N) is 1. The van der Waals surface area contributed by atoms with E-state index >= 15 is 0 Å². The van der Waals surface area contributed by atoms with Crippen molar-refractivity contribution < 1.29 is 14.3 Å². The fourth-order valence-corrected chi connectivity index (χ4v) is 6.43. The molecule has 1 aromatic heterocycles. The number of allylic oxidation sites excluding steroid dienone is 1. The van der Waals surface area contributed by atoms with E-state index < -0.39 is 11.8 Å². The van der Waals surface area contributed by atoms with Gasteiger partial charge in [-0.1, -0.05) is 35.1 Å². The SMILES string of the molecule is CC(N)=C(C(=Nc1nc2c(s1)SC(C)c1cc(Cl)cc(C)c1-2)C(=O)O)c1cccc(F)c1. The van der Waals surface area contributed by atoms with Crippen LogP contribution in [0.3, 0.4) is 0 Å². The lowest BCUT2D eigenvalue weighted by molar-refractivity contribution is -0.129. The van der Waals surface area contributed by atoms with E-state index in [1.165, 1.54) is 29.5 Å². The monoisotopic (exact) mass is 487 g/mol. The molecule has 164 valence electrons. The van der Waals surface area contributed by atoms with Crippen LogP contribution in [0, 0.1) is 12.7 Å². The molecule has 0 spiro atoms. The van der Waals surface area contributed by atoms with Crippen LogP contribution in [0.1, 0.15) is 35.8 Å². The molecule has 2 aromatic carbocycles. The van der Waals surface area contributed by atoms with Gasteiger partial charge in [0.2, 0.25) is 5.13 Å². The van der Waals surface area contributed by atoms with Crippen LogP contribution in [0.25, 0.3) is 16.8 Å². The number of fused-ring (bicyclic) bond motifs is 3. The van der Waals surface area contributed by atoms with Gasteiger partial charge >= 0.3 is 5.97 Å². The number of aliphatic imine (C=N–C) groups is 1. The maximum absolute atomic E-state index is 13.8. The molecule has 0 aliphatic carbocycles. The van der Waals surface area contributed by atoms with Gasteiger partial charge in [0.15, 0.2) is 5.71 Å². The third-order valence-corrected chi connectivity index (χ3v) is 7.54. The first-order valence-electron chi connectivity index (χ1n) is 9.68. The lowest BCUT2D eigenvalue weighted by Crippen LogP contribution is -2.18. The average Bonchev–Trinajstić information content (AvgIpc) is 3.09. The second-order valence-corrected chi connectivity index (χ2v) is 10.4. The second kappa shape index (κ2) is 8.69. The van der Waals surface area contributed by atoms with Gasteiger partial charge in [0.05, 0.1) is 9.90 Å². The Morgan fingerprint density at radius 1 is 1.31 bits per heavy atom. The van der Waals surface area contributed by atoms with E-state index in [-0.39, 0.29) is 22.2 Å². The Bertz CT molecular complexity index is 1310. The van der Waals surface area contributed by atoms with E-state index in [9.17, 15) is 14.3 Å². The fourth-order valence-electron chi connectivity index (χ4n) is 3.72. The first-order valence-corrected chi connectivity index (χ1v) is 11.8. The normalized spacial score (nSPS) is 16.3. The Morgan fingerprint density at radius 3 is 2.72 bits per heavy atom. The van der Waals surface area contributed by atoms with E-state index in [0.29, 0.717) is 15.7 Å². The van der Waals surface area contributed by atoms with Gasteiger partial charge in [-0.15, -0.1) is 11.8 Å². The van der Waals surface area contributed by atoms with Gasteiger partial charge in [0.25, 0.3) is 0 Å². The topological polar surface area (TPSA) is 88.6 Å². The van der Waals surface area contributed by atoms with Gasteiger partial charge in [0.1, 0.15) is 5.82 Å². The molecule has 0 amide bonds. The lowest BCUT2D eigenvalue weighted by atomic mass is 9.97. The van der Waals surface area contributed by atoms with Crippen LogP contribution in [0.15, 0.2) is 51.3 Å². The average molecular weight is 488 g/mol. The number of hydrogen-bond acceptors (Lipinski definition) is 6. The third-order valence-electron chi connectivity index (χ3n) is 5.03. The molecule has 0 saturated carbocycles. The van der Waals surface area contributed by atoms with E-state index in [1.54, 1.807) is 24.8 Å². The van der Waals surface area contributed by atoms with Crippen molar-refractivity contribution in [3.63, 3.8) is 0 Å². The van der Waals surface area contributed by atoms with E-state index in [2.05, 4.69) is 16.9 Å². The van der Waals surface area contributed by atoms with Crippen molar-refractivity contribution in [2.45, 2.75) is 30.2 Å². The molecule has 1 aliphatic heterocycles. The van der Waals surface area contributed by atoms with Crippen LogP contribution in [-0.2, 0) is 4.79 Å². The van der Waals surface area contributed by atoms with Gasteiger partial charge in [-0.2, -0.15) is 0 Å². The molecule has 3 N–H and O–H groups in total. The van der Waals surface area contributed by atoms with Crippen molar-refractivity contribution in [1.82, 2.24) is 4.98 Å². The minimum atomic E-state index is -1.27. The number of carboxylic acids is 1. The Labute approximate surface area is 197 Å². The van der Waals surface area contributed by atoms with Crippen LogP contribution in [-0.4, -0.2) is 21.8 Å². The van der Waals surface area contributed by atoms with Crippen LogP contribution in [0.5, 0.6) is 0 Å². The Kier molecular flexibility index (Phi) is 6.11. The van der Waals surface area contributed by atoms with Crippen LogP contribution < -0.4 is 5.73 Å². The maximum atomic E-state index is 13.8. The van der Waals surface area contributed by atoms with Crippen molar-refractivity contribution in [2.24, 2.45) is 10.7 Å². The smallest absolute Gasteiger partial charge is 0.355 e. The predicted molar refractivity (Wildman–Crippen MR) is 129 cm³/mol. The van der Waals surface area contributed by atoms with Crippen molar-refractivity contribution >= 4 is 57.1 Å².